The smallest absolute Gasteiger partial charge is 0.326 e. The second-order valence-electron chi connectivity index (χ2n) is 5.47. The van der Waals surface area contributed by atoms with Crippen LogP contribution in [-0.4, -0.2) is 55.2 Å². The molecule has 3 atom stereocenters. The van der Waals surface area contributed by atoms with E-state index in [9.17, 15) is 23.1 Å². The molecule has 1 amide bonds. The molecule has 3 unspecified atom stereocenters. The van der Waals surface area contributed by atoms with Crippen molar-refractivity contribution in [3.63, 3.8) is 0 Å². The first-order valence-electron chi connectivity index (χ1n) is 6.81. The van der Waals surface area contributed by atoms with Crippen LogP contribution in [0.25, 0.3) is 0 Å². The third-order valence-corrected chi connectivity index (χ3v) is 5.53. The Kier molecular flexibility index (Phi) is 4.33. The predicted octanol–water partition coefficient (Wildman–Crippen LogP) is -0.220. The monoisotopic (exact) mass is 304 g/mol. The Labute approximate surface area is 118 Å². The fourth-order valence-corrected chi connectivity index (χ4v) is 3.97. The molecular formula is C12H20N2O5S. The lowest BCUT2D eigenvalue weighted by atomic mass is 9.85. The number of aliphatic carboxylic acids is 1. The molecule has 1 saturated carbocycles. The van der Waals surface area contributed by atoms with Crippen LogP contribution in [-0.2, 0) is 19.6 Å². The van der Waals surface area contributed by atoms with Crippen LogP contribution in [0, 0.1) is 5.92 Å². The number of carbonyl (C=O) groups excluding carboxylic acids is 1. The van der Waals surface area contributed by atoms with Gasteiger partial charge in [-0.05, 0) is 32.2 Å². The van der Waals surface area contributed by atoms with E-state index in [1.54, 1.807) is 0 Å². The third-order valence-electron chi connectivity index (χ3n) is 4.29. The fourth-order valence-electron chi connectivity index (χ4n) is 3.35. The molecule has 0 spiro atoms. The minimum absolute atomic E-state index is 0.121. The van der Waals surface area contributed by atoms with Gasteiger partial charge in [-0.2, -0.15) is 0 Å². The van der Waals surface area contributed by atoms with E-state index < -0.39 is 33.7 Å². The van der Waals surface area contributed by atoms with Gasteiger partial charge < -0.3 is 10.0 Å². The Morgan fingerprint density at radius 1 is 1.30 bits per heavy atom. The van der Waals surface area contributed by atoms with Gasteiger partial charge in [-0.1, -0.05) is 12.8 Å². The van der Waals surface area contributed by atoms with Crippen molar-refractivity contribution in [3.8, 4) is 0 Å². The van der Waals surface area contributed by atoms with Gasteiger partial charge >= 0.3 is 5.97 Å². The van der Waals surface area contributed by atoms with Gasteiger partial charge in [0.1, 0.15) is 11.8 Å². The summed E-state index contributed by atoms with van der Waals surface area (Å²) in [5, 5.41) is 9.28. The number of carboxylic acid groups (broad SMARTS) is 1. The molecule has 1 aliphatic carbocycles. The standard InChI is InChI=1S/C12H20N2O5S/c1-13-20(18,19)7-11(15)14-9-5-3-2-4-8(9)6-10(14)12(16)17/h8-10,13H,2-7H2,1H3,(H,16,17). The van der Waals surface area contributed by atoms with Crippen LogP contribution in [0.2, 0.25) is 0 Å². The number of amides is 1. The Morgan fingerprint density at radius 2 is 1.95 bits per heavy atom. The molecule has 8 heteroatoms. The summed E-state index contributed by atoms with van der Waals surface area (Å²) < 4.78 is 25.1. The highest BCUT2D eigenvalue weighted by molar-refractivity contribution is 7.90. The van der Waals surface area contributed by atoms with Crippen LogP contribution in [0.3, 0.4) is 0 Å². The van der Waals surface area contributed by atoms with Crippen molar-refractivity contribution in [2.24, 2.45) is 5.92 Å². The third kappa shape index (κ3) is 2.95. The molecule has 1 heterocycles. The van der Waals surface area contributed by atoms with Gasteiger partial charge in [0.15, 0.2) is 0 Å². The second kappa shape index (κ2) is 5.69. The highest BCUT2D eigenvalue weighted by Crippen LogP contribution is 2.39. The normalized spacial score (nSPS) is 30.1. The average molecular weight is 304 g/mol. The molecule has 2 rings (SSSR count). The van der Waals surface area contributed by atoms with E-state index in [0.717, 1.165) is 25.7 Å². The lowest BCUT2D eigenvalue weighted by Crippen LogP contribution is -2.49. The zero-order chi connectivity index (χ0) is 14.9. The van der Waals surface area contributed by atoms with Crippen LogP contribution in [0.15, 0.2) is 0 Å². The Morgan fingerprint density at radius 3 is 2.55 bits per heavy atom. The highest BCUT2D eigenvalue weighted by Gasteiger charge is 2.47. The highest BCUT2D eigenvalue weighted by atomic mass is 32.2. The van der Waals surface area contributed by atoms with E-state index in [0.29, 0.717) is 6.42 Å². The van der Waals surface area contributed by atoms with E-state index in [1.165, 1.54) is 11.9 Å². The molecule has 2 N–H and O–H groups in total. The molecule has 2 fully saturated rings. The van der Waals surface area contributed by atoms with Gasteiger partial charge in [0.25, 0.3) is 0 Å². The van der Waals surface area contributed by atoms with Crippen LogP contribution in [0.1, 0.15) is 32.1 Å². The number of nitrogens with one attached hydrogen (secondary N) is 1. The molecule has 7 nitrogen and oxygen atoms in total. The maximum absolute atomic E-state index is 12.2. The van der Waals surface area contributed by atoms with E-state index in [-0.39, 0.29) is 12.0 Å². The molecule has 1 aliphatic heterocycles. The minimum atomic E-state index is -3.68. The van der Waals surface area contributed by atoms with Gasteiger partial charge in [-0.25, -0.2) is 17.9 Å². The summed E-state index contributed by atoms with van der Waals surface area (Å²) in [5.41, 5.74) is 0. The summed E-state index contributed by atoms with van der Waals surface area (Å²) in [5.74, 6) is -2.15. The molecule has 2 aliphatic rings. The van der Waals surface area contributed by atoms with Crippen LogP contribution < -0.4 is 4.72 Å². The van der Waals surface area contributed by atoms with E-state index >= 15 is 0 Å². The van der Waals surface area contributed by atoms with Crippen molar-refractivity contribution < 1.29 is 23.1 Å². The molecule has 0 radical (unpaired) electrons. The van der Waals surface area contributed by atoms with Crippen molar-refractivity contribution in [2.45, 2.75) is 44.2 Å². The SMILES string of the molecule is CNS(=O)(=O)CC(=O)N1C(C(=O)O)CC2CCCCC21. The van der Waals surface area contributed by atoms with E-state index in [1.807, 2.05) is 0 Å². The first-order chi connectivity index (χ1) is 9.35. The summed E-state index contributed by atoms with van der Waals surface area (Å²) in [6.07, 6.45) is 4.11. The second-order valence-corrected chi connectivity index (χ2v) is 7.39. The maximum atomic E-state index is 12.2. The number of carboxylic acids is 1. The molecule has 20 heavy (non-hydrogen) atoms. The molecule has 0 bridgehead atoms. The van der Waals surface area contributed by atoms with E-state index in [4.69, 9.17) is 0 Å². The van der Waals surface area contributed by atoms with Crippen molar-refractivity contribution in [3.05, 3.63) is 0 Å². The van der Waals surface area contributed by atoms with Gasteiger partial charge in [-0.15, -0.1) is 0 Å². The van der Waals surface area contributed by atoms with Gasteiger partial charge in [0.2, 0.25) is 15.9 Å². The quantitative estimate of drug-likeness (QED) is 0.747. The topological polar surface area (TPSA) is 104 Å². The molecule has 114 valence electrons. The zero-order valence-corrected chi connectivity index (χ0v) is 12.2. The van der Waals surface area contributed by atoms with Crippen molar-refractivity contribution in [2.75, 3.05) is 12.8 Å². The van der Waals surface area contributed by atoms with Gasteiger partial charge in [0.05, 0.1) is 0 Å². The summed E-state index contributed by atoms with van der Waals surface area (Å²) in [4.78, 5) is 24.9. The summed E-state index contributed by atoms with van der Waals surface area (Å²) in [7, 11) is -2.44. The van der Waals surface area contributed by atoms with Crippen molar-refractivity contribution >= 4 is 21.9 Å². The molecular weight excluding hydrogens is 284 g/mol. The average Bonchev–Trinajstić information content (AvgIpc) is 2.77. The van der Waals surface area contributed by atoms with Gasteiger partial charge in [0, 0.05) is 6.04 Å². The summed E-state index contributed by atoms with van der Waals surface area (Å²) in [6.45, 7) is 0. The number of likely N-dealkylation sites (tertiary alicyclic amines) is 1. The number of sulfonamides is 1. The fraction of sp³-hybridized carbons (Fsp3) is 0.833. The van der Waals surface area contributed by atoms with Crippen molar-refractivity contribution in [1.82, 2.24) is 9.62 Å². The Bertz CT molecular complexity index is 504. The number of hydrogen-bond acceptors (Lipinski definition) is 4. The molecule has 0 aromatic carbocycles. The zero-order valence-electron chi connectivity index (χ0n) is 11.4. The van der Waals surface area contributed by atoms with Crippen LogP contribution in [0.4, 0.5) is 0 Å². The first-order valence-corrected chi connectivity index (χ1v) is 8.46. The first kappa shape index (κ1) is 15.2. The Balaban J connectivity index is 2.21. The lowest BCUT2D eigenvalue weighted by molar-refractivity contribution is -0.148. The predicted molar refractivity (Wildman–Crippen MR) is 71.5 cm³/mol. The van der Waals surface area contributed by atoms with E-state index in [2.05, 4.69) is 4.72 Å². The molecule has 1 saturated heterocycles. The number of hydrogen-bond donors (Lipinski definition) is 2. The van der Waals surface area contributed by atoms with Crippen LogP contribution >= 0.6 is 0 Å². The van der Waals surface area contributed by atoms with Gasteiger partial charge in [-0.3, -0.25) is 4.79 Å². The minimum Gasteiger partial charge on any atom is -0.480 e. The largest absolute Gasteiger partial charge is 0.480 e. The number of carbonyl (C=O) groups is 2. The summed E-state index contributed by atoms with van der Waals surface area (Å²) in [6, 6.07) is -1.01. The summed E-state index contributed by atoms with van der Waals surface area (Å²) >= 11 is 0. The van der Waals surface area contributed by atoms with Crippen molar-refractivity contribution in [1.29, 1.82) is 0 Å². The molecule has 0 aromatic heterocycles. The Hall–Kier alpha value is -1.15. The van der Waals surface area contributed by atoms with Crippen LogP contribution in [0.5, 0.6) is 0 Å². The number of nitrogens with zero attached hydrogens (tertiary/aromatic N) is 1. The lowest BCUT2D eigenvalue weighted by Gasteiger charge is -2.32. The molecule has 0 aromatic rings. The maximum Gasteiger partial charge on any atom is 0.326 e. The number of fused-ring (bicyclic) bond motifs is 1. The number of rotatable bonds is 4.